The number of carbonyl (C=O) groups excluding carboxylic acids is 1. The van der Waals surface area contributed by atoms with Crippen molar-refractivity contribution in [3.8, 4) is 5.75 Å². The van der Waals surface area contributed by atoms with Crippen LogP contribution in [0.25, 0.3) is 10.8 Å². The molecule has 1 amide bonds. The molecule has 1 aliphatic heterocycles. The van der Waals surface area contributed by atoms with Crippen LogP contribution in [0, 0.1) is 5.41 Å². The van der Waals surface area contributed by atoms with Gasteiger partial charge < -0.3 is 4.74 Å². The highest BCUT2D eigenvalue weighted by atomic mass is 19.4. The van der Waals surface area contributed by atoms with Crippen LogP contribution in [-0.4, -0.2) is 30.2 Å². The van der Waals surface area contributed by atoms with E-state index in [0.29, 0.717) is 17.7 Å². The number of hydrazine groups is 1. The normalized spacial score (nSPS) is 17.5. The van der Waals surface area contributed by atoms with E-state index >= 15 is 0 Å². The third-order valence-electron chi connectivity index (χ3n) is 5.98. The largest absolute Gasteiger partial charge is 0.493 e. The number of nitrogens with one attached hydrogen (secondary N) is 1. The molecule has 0 saturated carbocycles. The second-order valence-corrected chi connectivity index (χ2v) is 9.25. The fraction of sp³-hybridized carbons (Fsp3) is 0.560. The third-order valence-corrected chi connectivity index (χ3v) is 5.98. The summed E-state index contributed by atoms with van der Waals surface area (Å²) in [7, 11) is 0. The van der Waals surface area contributed by atoms with E-state index in [4.69, 9.17) is 4.74 Å². The van der Waals surface area contributed by atoms with Crippen molar-refractivity contribution >= 4 is 16.7 Å². The first-order chi connectivity index (χ1) is 15.1. The van der Waals surface area contributed by atoms with Crippen molar-refractivity contribution in [1.82, 2.24) is 10.4 Å². The predicted octanol–water partition coefficient (Wildman–Crippen LogP) is 6.56. The molecule has 1 fully saturated rings. The Morgan fingerprint density at radius 2 is 1.81 bits per heavy atom. The number of hydrogen-bond donors (Lipinski definition) is 1. The highest BCUT2D eigenvalue weighted by molar-refractivity contribution is 5.89. The summed E-state index contributed by atoms with van der Waals surface area (Å²) in [6, 6.07) is 8.29. The monoisotopic (exact) mass is 450 g/mol. The van der Waals surface area contributed by atoms with Crippen LogP contribution in [-0.2, 0) is 4.79 Å². The van der Waals surface area contributed by atoms with Crippen molar-refractivity contribution in [2.75, 3.05) is 13.2 Å². The van der Waals surface area contributed by atoms with Gasteiger partial charge in [-0.2, -0.15) is 13.2 Å². The first-order valence-corrected chi connectivity index (χ1v) is 11.4. The molecule has 2 aromatic rings. The number of unbranched alkanes of at least 4 members (excludes halogenated alkanes) is 5. The van der Waals surface area contributed by atoms with E-state index < -0.39 is 23.5 Å². The predicted molar refractivity (Wildman–Crippen MR) is 120 cm³/mol. The van der Waals surface area contributed by atoms with Crippen molar-refractivity contribution < 1.29 is 22.7 Å². The second-order valence-electron chi connectivity index (χ2n) is 9.25. The lowest BCUT2D eigenvalue weighted by Crippen LogP contribution is -2.43. The first-order valence-electron chi connectivity index (χ1n) is 11.4. The van der Waals surface area contributed by atoms with Crippen molar-refractivity contribution in [3.05, 3.63) is 42.0 Å². The zero-order chi connectivity index (χ0) is 23.4. The molecule has 32 heavy (non-hydrogen) atoms. The molecule has 4 nitrogen and oxygen atoms in total. The number of rotatable bonds is 10. The fourth-order valence-electron chi connectivity index (χ4n) is 4.14. The highest BCUT2D eigenvalue weighted by Gasteiger charge is 2.51. The molecule has 1 N–H and O–H groups in total. The standard InChI is InChI=1S/C25H33F3N2O2/c1-4-5-6-7-8-9-15-32-21-12-10-11-18-13-14-19(16-20(18)21)22(25(26,27)28)30-17-24(2,3)23(31)29-30/h10-14,16,22H,4-9,15,17H2,1-3H3,(H,29,31). The second kappa shape index (κ2) is 10.1. The minimum atomic E-state index is -4.55. The molecule has 2 aromatic carbocycles. The number of nitrogens with zero attached hydrogens (tertiary/aromatic N) is 1. The van der Waals surface area contributed by atoms with E-state index in [1.54, 1.807) is 32.0 Å². The summed E-state index contributed by atoms with van der Waals surface area (Å²) < 4.78 is 48.2. The van der Waals surface area contributed by atoms with Gasteiger partial charge in [0.1, 0.15) is 11.8 Å². The maximum Gasteiger partial charge on any atom is 0.409 e. The molecule has 3 rings (SSSR count). The van der Waals surface area contributed by atoms with E-state index in [2.05, 4.69) is 12.3 Å². The van der Waals surface area contributed by atoms with E-state index in [9.17, 15) is 18.0 Å². The average Bonchev–Trinajstić information content (AvgIpc) is 2.98. The minimum absolute atomic E-state index is 0.0236. The molecule has 1 atom stereocenters. The van der Waals surface area contributed by atoms with Gasteiger partial charge in [0.2, 0.25) is 5.91 Å². The molecule has 176 valence electrons. The number of carbonyl (C=O) groups is 1. The van der Waals surface area contributed by atoms with Gasteiger partial charge in [0.05, 0.1) is 12.0 Å². The highest BCUT2D eigenvalue weighted by Crippen LogP contribution is 2.42. The van der Waals surface area contributed by atoms with Crippen molar-refractivity contribution in [2.24, 2.45) is 5.41 Å². The number of fused-ring (bicyclic) bond motifs is 1. The smallest absolute Gasteiger partial charge is 0.409 e. The Hall–Kier alpha value is -2.28. The lowest BCUT2D eigenvalue weighted by atomic mass is 9.93. The van der Waals surface area contributed by atoms with Crippen LogP contribution in [0.2, 0.25) is 0 Å². The van der Waals surface area contributed by atoms with E-state index in [-0.39, 0.29) is 12.1 Å². The summed E-state index contributed by atoms with van der Waals surface area (Å²) in [5.74, 6) is 0.181. The van der Waals surface area contributed by atoms with E-state index in [1.165, 1.54) is 31.7 Å². The van der Waals surface area contributed by atoms with Gasteiger partial charge in [-0.15, -0.1) is 0 Å². The van der Waals surface area contributed by atoms with Crippen LogP contribution in [0.15, 0.2) is 36.4 Å². The van der Waals surface area contributed by atoms with Crippen LogP contribution in [0.4, 0.5) is 13.2 Å². The number of hydrogen-bond acceptors (Lipinski definition) is 3. The van der Waals surface area contributed by atoms with Crippen LogP contribution in [0.3, 0.4) is 0 Å². The summed E-state index contributed by atoms with van der Waals surface area (Å²) in [6.45, 7) is 5.98. The third kappa shape index (κ3) is 5.74. The molecule has 0 bridgehead atoms. The summed E-state index contributed by atoms with van der Waals surface area (Å²) in [6.07, 6.45) is 2.28. The first kappa shape index (κ1) is 24.4. The zero-order valence-corrected chi connectivity index (χ0v) is 19.1. The fourth-order valence-corrected chi connectivity index (χ4v) is 4.14. The molecular weight excluding hydrogens is 417 g/mol. The maximum absolute atomic E-state index is 14.1. The summed E-state index contributed by atoms with van der Waals surface area (Å²) in [4.78, 5) is 12.1. The van der Waals surface area contributed by atoms with Gasteiger partial charge in [0, 0.05) is 11.9 Å². The van der Waals surface area contributed by atoms with E-state index in [1.807, 2.05) is 12.1 Å². The molecule has 0 radical (unpaired) electrons. The Morgan fingerprint density at radius 1 is 1.09 bits per heavy atom. The molecular formula is C25H33F3N2O2. The molecule has 1 heterocycles. The number of benzene rings is 2. The topological polar surface area (TPSA) is 41.6 Å². The summed E-state index contributed by atoms with van der Waals surface area (Å²) >= 11 is 0. The Kier molecular flexibility index (Phi) is 7.70. The lowest BCUT2D eigenvalue weighted by Gasteiger charge is -2.30. The molecule has 0 aliphatic carbocycles. The van der Waals surface area contributed by atoms with Gasteiger partial charge in [-0.25, -0.2) is 5.01 Å². The van der Waals surface area contributed by atoms with Crippen LogP contribution in [0.5, 0.6) is 5.75 Å². The molecule has 1 unspecified atom stereocenters. The Labute approximate surface area is 188 Å². The number of amides is 1. The van der Waals surface area contributed by atoms with Crippen molar-refractivity contribution in [3.63, 3.8) is 0 Å². The molecule has 0 spiro atoms. The molecule has 1 aliphatic rings. The van der Waals surface area contributed by atoms with Gasteiger partial charge in [-0.05, 0) is 43.4 Å². The molecule has 0 aromatic heterocycles. The summed E-state index contributed by atoms with van der Waals surface area (Å²) in [5.41, 5.74) is 1.62. The Bertz CT molecular complexity index is 927. The van der Waals surface area contributed by atoms with Crippen molar-refractivity contribution in [2.45, 2.75) is 71.5 Å². The SMILES string of the molecule is CCCCCCCCOc1cccc2ccc(C(N3CC(C)(C)C(=O)N3)C(F)(F)F)cc12. The molecule has 7 heteroatoms. The Morgan fingerprint density at radius 3 is 2.47 bits per heavy atom. The van der Waals surface area contributed by atoms with Crippen LogP contribution in [0.1, 0.15) is 70.9 Å². The average molecular weight is 451 g/mol. The van der Waals surface area contributed by atoms with E-state index in [0.717, 1.165) is 23.2 Å². The minimum Gasteiger partial charge on any atom is -0.493 e. The Balaban J connectivity index is 1.80. The van der Waals surface area contributed by atoms with Gasteiger partial charge in [-0.3, -0.25) is 10.2 Å². The van der Waals surface area contributed by atoms with Gasteiger partial charge >= 0.3 is 6.18 Å². The lowest BCUT2D eigenvalue weighted by molar-refractivity contribution is -0.191. The maximum atomic E-state index is 14.1. The van der Waals surface area contributed by atoms with Crippen LogP contribution < -0.4 is 10.2 Å². The van der Waals surface area contributed by atoms with Gasteiger partial charge in [0.15, 0.2) is 0 Å². The number of alkyl halides is 3. The quantitative estimate of drug-likeness (QED) is 0.417. The zero-order valence-electron chi connectivity index (χ0n) is 19.1. The van der Waals surface area contributed by atoms with Gasteiger partial charge in [-0.1, -0.05) is 63.3 Å². The molecule has 1 saturated heterocycles. The summed E-state index contributed by atoms with van der Waals surface area (Å²) in [5, 5.41) is 2.47. The number of ether oxygens (including phenoxy) is 1. The van der Waals surface area contributed by atoms with Gasteiger partial charge in [0.25, 0.3) is 0 Å². The van der Waals surface area contributed by atoms with Crippen molar-refractivity contribution in [1.29, 1.82) is 0 Å². The number of halogens is 3. The van der Waals surface area contributed by atoms with Crippen LogP contribution >= 0.6 is 0 Å².